The standard InChI is InChI=1S/C17H24N4O/c1-13-15(11-19-20(13)2)12-21-9-6-14(7-10-21)17(22)16-5-3-4-8-18-16/h3-5,8,11,14,17,22H,6-7,9-10,12H2,1-2H3. The predicted molar refractivity (Wildman–Crippen MR) is 85.1 cm³/mol. The van der Waals surface area contributed by atoms with Crippen molar-refractivity contribution in [3.05, 3.63) is 47.5 Å². The first-order valence-electron chi connectivity index (χ1n) is 7.94. The van der Waals surface area contributed by atoms with Crippen LogP contribution in [-0.2, 0) is 13.6 Å². The molecule has 1 fully saturated rings. The first-order valence-corrected chi connectivity index (χ1v) is 7.94. The van der Waals surface area contributed by atoms with E-state index in [1.807, 2.05) is 36.1 Å². The van der Waals surface area contributed by atoms with E-state index in [2.05, 4.69) is 21.9 Å². The highest BCUT2D eigenvalue weighted by molar-refractivity contribution is 5.15. The van der Waals surface area contributed by atoms with Gasteiger partial charge in [-0.3, -0.25) is 14.6 Å². The van der Waals surface area contributed by atoms with E-state index >= 15 is 0 Å². The van der Waals surface area contributed by atoms with Crippen LogP contribution < -0.4 is 0 Å². The van der Waals surface area contributed by atoms with Gasteiger partial charge < -0.3 is 5.11 Å². The number of aliphatic hydroxyl groups is 1. The molecule has 5 nitrogen and oxygen atoms in total. The Morgan fingerprint density at radius 1 is 1.32 bits per heavy atom. The minimum Gasteiger partial charge on any atom is -0.387 e. The van der Waals surface area contributed by atoms with Crippen molar-refractivity contribution < 1.29 is 5.11 Å². The third-order valence-corrected chi connectivity index (χ3v) is 4.80. The van der Waals surface area contributed by atoms with Crippen molar-refractivity contribution in [2.45, 2.75) is 32.4 Å². The van der Waals surface area contributed by atoms with Gasteiger partial charge in [0.1, 0.15) is 0 Å². The van der Waals surface area contributed by atoms with Gasteiger partial charge in [-0.15, -0.1) is 0 Å². The second-order valence-electron chi connectivity index (χ2n) is 6.19. The number of aliphatic hydroxyl groups excluding tert-OH is 1. The van der Waals surface area contributed by atoms with Crippen LogP contribution >= 0.6 is 0 Å². The van der Waals surface area contributed by atoms with E-state index in [1.54, 1.807) is 6.20 Å². The molecule has 0 aliphatic carbocycles. The smallest absolute Gasteiger partial charge is 0.0988 e. The minimum absolute atomic E-state index is 0.307. The van der Waals surface area contributed by atoms with Crippen LogP contribution in [0.25, 0.3) is 0 Å². The molecule has 1 unspecified atom stereocenters. The molecule has 0 aromatic carbocycles. The van der Waals surface area contributed by atoms with E-state index < -0.39 is 6.10 Å². The van der Waals surface area contributed by atoms with Crippen LogP contribution in [0.15, 0.2) is 30.6 Å². The molecular formula is C17H24N4O. The summed E-state index contributed by atoms with van der Waals surface area (Å²) in [6.07, 6.45) is 5.29. The van der Waals surface area contributed by atoms with Crippen LogP contribution in [0.2, 0.25) is 0 Å². The lowest BCUT2D eigenvalue weighted by Crippen LogP contribution is -2.35. The lowest BCUT2D eigenvalue weighted by Gasteiger charge is -2.34. The second-order valence-corrected chi connectivity index (χ2v) is 6.19. The molecule has 118 valence electrons. The van der Waals surface area contributed by atoms with Gasteiger partial charge in [-0.25, -0.2) is 0 Å². The number of aryl methyl sites for hydroxylation is 1. The zero-order valence-corrected chi connectivity index (χ0v) is 13.3. The molecule has 3 heterocycles. The fourth-order valence-electron chi connectivity index (χ4n) is 3.16. The molecule has 1 aliphatic rings. The molecule has 0 spiro atoms. The normalized spacial score (nSPS) is 18.5. The fraction of sp³-hybridized carbons (Fsp3) is 0.529. The van der Waals surface area contributed by atoms with Gasteiger partial charge in [-0.05, 0) is 50.9 Å². The monoisotopic (exact) mass is 300 g/mol. The average Bonchev–Trinajstić information content (AvgIpc) is 2.88. The number of nitrogens with zero attached hydrogens (tertiary/aromatic N) is 4. The summed E-state index contributed by atoms with van der Waals surface area (Å²) in [6, 6.07) is 5.73. The maximum absolute atomic E-state index is 10.5. The van der Waals surface area contributed by atoms with Gasteiger partial charge in [0.2, 0.25) is 0 Å². The Morgan fingerprint density at radius 3 is 2.68 bits per heavy atom. The van der Waals surface area contributed by atoms with Crippen LogP contribution in [-0.4, -0.2) is 37.9 Å². The Balaban J connectivity index is 1.55. The van der Waals surface area contributed by atoms with E-state index in [1.165, 1.54) is 11.3 Å². The molecule has 3 rings (SSSR count). The van der Waals surface area contributed by atoms with Crippen LogP contribution in [0.5, 0.6) is 0 Å². The first kappa shape index (κ1) is 15.2. The lowest BCUT2D eigenvalue weighted by molar-refractivity contribution is 0.0539. The number of hydrogen-bond donors (Lipinski definition) is 1. The van der Waals surface area contributed by atoms with E-state index in [4.69, 9.17) is 0 Å². The molecule has 2 aromatic heterocycles. The Hall–Kier alpha value is -1.72. The van der Waals surface area contributed by atoms with Gasteiger partial charge in [0.15, 0.2) is 0 Å². The van der Waals surface area contributed by atoms with Crippen molar-refractivity contribution in [1.29, 1.82) is 0 Å². The van der Waals surface area contributed by atoms with Crippen LogP contribution in [0.4, 0.5) is 0 Å². The highest BCUT2D eigenvalue weighted by atomic mass is 16.3. The van der Waals surface area contributed by atoms with Crippen molar-refractivity contribution in [2.24, 2.45) is 13.0 Å². The Labute approximate surface area is 131 Å². The van der Waals surface area contributed by atoms with Gasteiger partial charge in [0, 0.05) is 31.0 Å². The summed E-state index contributed by atoms with van der Waals surface area (Å²) in [5.41, 5.74) is 3.32. The van der Waals surface area contributed by atoms with E-state index in [0.29, 0.717) is 5.92 Å². The van der Waals surface area contributed by atoms with Crippen LogP contribution in [0.3, 0.4) is 0 Å². The Bertz CT molecular complexity index is 602. The minimum atomic E-state index is -0.441. The number of piperidine rings is 1. The number of pyridine rings is 1. The molecule has 1 saturated heterocycles. The first-order chi connectivity index (χ1) is 10.6. The van der Waals surface area contributed by atoms with Gasteiger partial charge in [0.25, 0.3) is 0 Å². The third-order valence-electron chi connectivity index (χ3n) is 4.80. The SMILES string of the molecule is Cc1c(CN2CCC(C(O)c3ccccn3)CC2)cnn1C. The molecule has 22 heavy (non-hydrogen) atoms. The predicted octanol–water partition coefficient (Wildman–Crippen LogP) is 2.07. The number of aromatic nitrogens is 3. The summed E-state index contributed by atoms with van der Waals surface area (Å²) in [4.78, 5) is 6.73. The third kappa shape index (κ3) is 3.20. The van der Waals surface area contributed by atoms with Crippen molar-refractivity contribution in [3.8, 4) is 0 Å². The molecule has 0 radical (unpaired) electrons. The molecule has 1 atom stereocenters. The molecule has 1 N–H and O–H groups in total. The van der Waals surface area contributed by atoms with Crippen molar-refractivity contribution >= 4 is 0 Å². The highest BCUT2D eigenvalue weighted by Gasteiger charge is 2.27. The maximum Gasteiger partial charge on any atom is 0.0988 e. The fourth-order valence-corrected chi connectivity index (χ4v) is 3.16. The summed E-state index contributed by atoms with van der Waals surface area (Å²) >= 11 is 0. The molecule has 1 aliphatic heterocycles. The summed E-state index contributed by atoms with van der Waals surface area (Å²) < 4.78 is 1.92. The number of likely N-dealkylation sites (tertiary alicyclic amines) is 1. The van der Waals surface area contributed by atoms with Crippen LogP contribution in [0, 0.1) is 12.8 Å². The Morgan fingerprint density at radius 2 is 2.09 bits per heavy atom. The molecule has 5 heteroatoms. The molecule has 0 saturated carbocycles. The molecule has 0 bridgehead atoms. The van der Waals surface area contributed by atoms with Crippen LogP contribution in [0.1, 0.15) is 35.9 Å². The van der Waals surface area contributed by atoms with Gasteiger partial charge >= 0.3 is 0 Å². The molecule has 0 amide bonds. The van der Waals surface area contributed by atoms with Crippen molar-refractivity contribution in [3.63, 3.8) is 0 Å². The molecule has 2 aromatic rings. The zero-order valence-electron chi connectivity index (χ0n) is 13.3. The molecular weight excluding hydrogens is 276 g/mol. The van der Waals surface area contributed by atoms with Gasteiger partial charge in [-0.2, -0.15) is 5.10 Å². The second kappa shape index (κ2) is 6.58. The van der Waals surface area contributed by atoms with E-state index in [-0.39, 0.29) is 0 Å². The lowest BCUT2D eigenvalue weighted by atomic mass is 9.89. The van der Waals surface area contributed by atoms with E-state index in [9.17, 15) is 5.11 Å². The average molecular weight is 300 g/mol. The summed E-state index contributed by atoms with van der Waals surface area (Å²) in [5, 5.41) is 14.8. The zero-order chi connectivity index (χ0) is 15.5. The highest BCUT2D eigenvalue weighted by Crippen LogP contribution is 2.30. The summed E-state index contributed by atoms with van der Waals surface area (Å²) in [5.74, 6) is 0.307. The maximum atomic E-state index is 10.5. The van der Waals surface area contributed by atoms with Crippen molar-refractivity contribution in [1.82, 2.24) is 19.7 Å². The largest absolute Gasteiger partial charge is 0.387 e. The summed E-state index contributed by atoms with van der Waals surface area (Å²) in [7, 11) is 1.98. The number of hydrogen-bond acceptors (Lipinski definition) is 4. The Kier molecular flexibility index (Phi) is 4.55. The topological polar surface area (TPSA) is 54.2 Å². The van der Waals surface area contributed by atoms with Gasteiger partial charge in [0.05, 0.1) is 18.0 Å². The number of rotatable bonds is 4. The van der Waals surface area contributed by atoms with Crippen molar-refractivity contribution in [2.75, 3.05) is 13.1 Å². The summed E-state index contributed by atoms with van der Waals surface area (Å²) in [6.45, 7) is 5.10. The van der Waals surface area contributed by atoms with E-state index in [0.717, 1.165) is 38.2 Å². The quantitative estimate of drug-likeness (QED) is 0.939. The van der Waals surface area contributed by atoms with Gasteiger partial charge in [-0.1, -0.05) is 6.07 Å².